The van der Waals surface area contributed by atoms with Gasteiger partial charge in [0.05, 0.1) is 19.8 Å². The minimum Gasteiger partial charge on any atom is -0.496 e. The van der Waals surface area contributed by atoms with Crippen LogP contribution in [-0.4, -0.2) is 44.7 Å². The third-order valence-electron chi connectivity index (χ3n) is 2.88. The smallest absolute Gasteiger partial charge is 0.259 e. The maximum Gasteiger partial charge on any atom is 0.259 e. The van der Waals surface area contributed by atoms with Crippen LogP contribution >= 0.6 is 0 Å². The first kappa shape index (κ1) is 14.3. The quantitative estimate of drug-likeness (QED) is 0.804. The molecular weight excluding hydrogens is 232 g/mol. The first-order chi connectivity index (χ1) is 8.52. The van der Waals surface area contributed by atoms with Crippen LogP contribution in [0.25, 0.3) is 0 Å². The van der Waals surface area contributed by atoms with E-state index in [0.717, 1.165) is 0 Å². The van der Waals surface area contributed by atoms with Gasteiger partial charge < -0.3 is 20.1 Å². The molecule has 0 aliphatic carbocycles. The Kier molecular flexibility index (Phi) is 4.97. The molecular formula is C13H20N2O3. The molecule has 2 N–H and O–H groups in total. The average Bonchev–Trinajstić information content (AvgIpc) is 2.36. The van der Waals surface area contributed by atoms with Crippen molar-refractivity contribution in [3.63, 3.8) is 0 Å². The van der Waals surface area contributed by atoms with E-state index in [1.54, 1.807) is 37.3 Å². The van der Waals surface area contributed by atoms with Crippen LogP contribution in [0.2, 0.25) is 0 Å². The van der Waals surface area contributed by atoms with Gasteiger partial charge in [0.1, 0.15) is 11.3 Å². The van der Waals surface area contributed by atoms with E-state index >= 15 is 0 Å². The first-order valence-electron chi connectivity index (χ1n) is 5.71. The maximum absolute atomic E-state index is 12.4. The summed E-state index contributed by atoms with van der Waals surface area (Å²) in [4.78, 5) is 14.0. The lowest BCUT2D eigenvalue weighted by Gasteiger charge is -2.25. The van der Waals surface area contributed by atoms with Crippen LogP contribution in [-0.2, 0) is 4.74 Å². The second-order valence-corrected chi connectivity index (χ2v) is 4.14. The Bertz CT molecular complexity index is 421. The fraction of sp³-hybridized carbons (Fsp3) is 0.462. The van der Waals surface area contributed by atoms with Gasteiger partial charge in [-0.25, -0.2) is 0 Å². The average molecular weight is 252 g/mol. The monoisotopic (exact) mass is 252 g/mol. The SMILES string of the molecule is COCC(C)N(C)C(=O)c1c(N)cccc1OC. The Morgan fingerprint density at radius 2 is 2.11 bits per heavy atom. The van der Waals surface area contributed by atoms with Crippen molar-refractivity contribution < 1.29 is 14.3 Å². The zero-order valence-corrected chi connectivity index (χ0v) is 11.3. The van der Waals surface area contributed by atoms with Gasteiger partial charge in [0.2, 0.25) is 0 Å². The van der Waals surface area contributed by atoms with Crippen LogP contribution in [0.3, 0.4) is 0 Å². The number of amides is 1. The van der Waals surface area contributed by atoms with E-state index < -0.39 is 0 Å². The lowest BCUT2D eigenvalue weighted by atomic mass is 10.1. The molecule has 1 atom stereocenters. The lowest BCUT2D eigenvalue weighted by molar-refractivity contribution is 0.0631. The largest absolute Gasteiger partial charge is 0.496 e. The molecule has 1 amide bonds. The number of hydrogen-bond acceptors (Lipinski definition) is 4. The highest BCUT2D eigenvalue weighted by molar-refractivity contribution is 6.01. The highest BCUT2D eigenvalue weighted by Crippen LogP contribution is 2.25. The molecule has 0 aliphatic rings. The second kappa shape index (κ2) is 6.26. The fourth-order valence-electron chi connectivity index (χ4n) is 1.68. The molecule has 0 aliphatic heterocycles. The Morgan fingerprint density at radius 1 is 1.44 bits per heavy atom. The van der Waals surface area contributed by atoms with Gasteiger partial charge in [0.25, 0.3) is 5.91 Å². The summed E-state index contributed by atoms with van der Waals surface area (Å²) >= 11 is 0. The molecule has 0 heterocycles. The number of nitrogens with two attached hydrogens (primary N) is 1. The van der Waals surface area contributed by atoms with E-state index in [0.29, 0.717) is 23.6 Å². The Hall–Kier alpha value is -1.75. The van der Waals surface area contributed by atoms with Gasteiger partial charge in [-0.15, -0.1) is 0 Å². The minimum atomic E-state index is -0.172. The summed E-state index contributed by atoms with van der Waals surface area (Å²) in [5.74, 6) is 0.311. The van der Waals surface area contributed by atoms with E-state index in [1.165, 1.54) is 7.11 Å². The van der Waals surface area contributed by atoms with E-state index in [-0.39, 0.29) is 11.9 Å². The van der Waals surface area contributed by atoms with Crippen molar-refractivity contribution in [1.82, 2.24) is 4.90 Å². The second-order valence-electron chi connectivity index (χ2n) is 4.14. The van der Waals surface area contributed by atoms with Gasteiger partial charge in [0.15, 0.2) is 0 Å². The highest BCUT2D eigenvalue weighted by Gasteiger charge is 2.22. The van der Waals surface area contributed by atoms with Gasteiger partial charge in [-0.05, 0) is 19.1 Å². The van der Waals surface area contributed by atoms with Crippen molar-refractivity contribution in [2.45, 2.75) is 13.0 Å². The molecule has 100 valence electrons. The zero-order chi connectivity index (χ0) is 13.7. The number of benzene rings is 1. The van der Waals surface area contributed by atoms with Crippen LogP contribution in [0.1, 0.15) is 17.3 Å². The predicted molar refractivity (Wildman–Crippen MR) is 70.8 cm³/mol. The van der Waals surface area contributed by atoms with E-state index in [9.17, 15) is 4.79 Å². The van der Waals surface area contributed by atoms with Crippen LogP contribution in [0, 0.1) is 0 Å². The number of methoxy groups -OCH3 is 2. The molecule has 0 saturated carbocycles. The number of anilines is 1. The minimum absolute atomic E-state index is 0.0354. The highest BCUT2D eigenvalue weighted by atomic mass is 16.5. The summed E-state index contributed by atoms with van der Waals surface area (Å²) in [5.41, 5.74) is 6.66. The molecule has 0 bridgehead atoms. The molecule has 1 aromatic carbocycles. The van der Waals surface area contributed by atoms with Crippen molar-refractivity contribution in [2.24, 2.45) is 0 Å². The van der Waals surface area contributed by atoms with Gasteiger partial charge in [-0.3, -0.25) is 4.79 Å². The Morgan fingerprint density at radius 3 is 2.67 bits per heavy atom. The number of ether oxygens (including phenoxy) is 2. The summed E-state index contributed by atoms with van der Waals surface area (Å²) in [6.45, 7) is 2.38. The molecule has 5 nitrogen and oxygen atoms in total. The van der Waals surface area contributed by atoms with E-state index in [1.807, 2.05) is 6.92 Å². The summed E-state index contributed by atoms with van der Waals surface area (Å²) < 4.78 is 10.2. The van der Waals surface area contributed by atoms with Crippen molar-refractivity contribution >= 4 is 11.6 Å². The summed E-state index contributed by atoms with van der Waals surface area (Å²) in [5, 5.41) is 0. The molecule has 0 radical (unpaired) electrons. The zero-order valence-electron chi connectivity index (χ0n) is 11.3. The van der Waals surface area contributed by atoms with Gasteiger partial charge in [-0.2, -0.15) is 0 Å². The summed E-state index contributed by atoms with van der Waals surface area (Å²) in [6, 6.07) is 5.12. The van der Waals surface area contributed by atoms with Crippen LogP contribution in [0.5, 0.6) is 5.75 Å². The maximum atomic E-state index is 12.4. The summed E-state index contributed by atoms with van der Waals surface area (Å²) in [7, 11) is 4.84. The first-order valence-corrected chi connectivity index (χ1v) is 5.71. The number of carbonyl (C=O) groups excluding carboxylic acids is 1. The molecule has 1 aromatic rings. The number of hydrogen-bond donors (Lipinski definition) is 1. The molecule has 18 heavy (non-hydrogen) atoms. The molecule has 5 heteroatoms. The van der Waals surface area contributed by atoms with Gasteiger partial charge in [0, 0.05) is 19.8 Å². The van der Waals surface area contributed by atoms with Gasteiger partial charge in [-0.1, -0.05) is 6.07 Å². The van der Waals surface area contributed by atoms with E-state index in [2.05, 4.69) is 0 Å². The van der Waals surface area contributed by atoms with Crippen molar-refractivity contribution in [1.29, 1.82) is 0 Å². The molecule has 0 aromatic heterocycles. The normalized spacial score (nSPS) is 12.0. The molecule has 1 rings (SSSR count). The van der Waals surface area contributed by atoms with Crippen LogP contribution in [0.4, 0.5) is 5.69 Å². The third-order valence-corrected chi connectivity index (χ3v) is 2.88. The fourth-order valence-corrected chi connectivity index (χ4v) is 1.68. The lowest BCUT2D eigenvalue weighted by Crippen LogP contribution is -2.38. The standard InChI is InChI=1S/C13H20N2O3/c1-9(8-17-3)15(2)13(16)12-10(14)6-5-7-11(12)18-4/h5-7,9H,8,14H2,1-4H3. The number of nitrogens with zero attached hydrogens (tertiary/aromatic N) is 1. The number of likely N-dealkylation sites (N-methyl/N-ethyl adjacent to an activating group) is 1. The van der Waals surface area contributed by atoms with E-state index in [4.69, 9.17) is 15.2 Å². The summed E-state index contributed by atoms with van der Waals surface area (Å²) in [6.07, 6.45) is 0. The van der Waals surface area contributed by atoms with Crippen molar-refractivity contribution in [3.8, 4) is 5.75 Å². The Labute approximate surface area is 107 Å². The third kappa shape index (κ3) is 2.92. The van der Waals surface area contributed by atoms with Crippen molar-refractivity contribution in [2.75, 3.05) is 33.6 Å². The number of rotatable bonds is 5. The number of carbonyl (C=O) groups is 1. The molecule has 0 spiro atoms. The van der Waals surface area contributed by atoms with Crippen molar-refractivity contribution in [3.05, 3.63) is 23.8 Å². The number of nitrogen functional groups attached to an aromatic ring is 1. The van der Waals surface area contributed by atoms with Crippen LogP contribution in [0.15, 0.2) is 18.2 Å². The molecule has 0 saturated heterocycles. The topological polar surface area (TPSA) is 64.8 Å². The predicted octanol–water partition coefficient (Wildman–Crippen LogP) is 1.38. The molecule has 1 unspecified atom stereocenters. The van der Waals surface area contributed by atoms with Gasteiger partial charge >= 0.3 is 0 Å². The Balaban J connectivity index is 3.03. The molecule has 0 fully saturated rings. The van der Waals surface area contributed by atoms with Crippen LogP contribution < -0.4 is 10.5 Å².